The zero-order valence-corrected chi connectivity index (χ0v) is 9.41. The van der Waals surface area contributed by atoms with Crippen LogP contribution in [0.1, 0.15) is 16.1 Å². The van der Waals surface area contributed by atoms with E-state index in [9.17, 15) is 4.79 Å². The highest BCUT2D eigenvalue weighted by Gasteiger charge is 2.12. The van der Waals surface area contributed by atoms with Crippen LogP contribution in [0.25, 0.3) is 5.69 Å². The number of nitrogens with zero attached hydrogens (tertiary/aromatic N) is 3. The second kappa shape index (κ2) is 4.25. The molecule has 1 N–H and O–H groups in total. The summed E-state index contributed by atoms with van der Waals surface area (Å²) >= 11 is 0. The van der Waals surface area contributed by atoms with Gasteiger partial charge in [0, 0.05) is 18.5 Å². The molecule has 0 aliphatic carbocycles. The number of carboxylic acid groups (broad SMARTS) is 1. The Hall–Kier alpha value is -2.37. The Bertz CT molecular complexity index is 563. The fraction of sp³-hybridized carbons (Fsp3) is 0.182. The molecule has 0 bridgehead atoms. The molecule has 0 atom stereocenters. The Kier molecular flexibility index (Phi) is 2.78. The summed E-state index contributed by atoms with van der Waals surface area (Å²) < 4.78 is 6.48. The van der Waals surface area contributed by atoms with E-state index in [1.54, 1.807) is 25.3 Å². The van der Waals surface area contributed by atoms with Crippen molar-refractivity contribution in [3.63, 3.8) is 0 Å². The number of hydrogen-bond donors (Lipinski definition) is 1. The van der Waals surface area contributed by atoms with Crippen LogP contribution in [-0.2, 0) is 0 Å². The van der Waals surface area contributed by atoms with E-state index in [2.05, 4.69) is 10.1 Å². The zero-order valence-electron chi connectivity index (χ0n) is 9.41. The van der Waals surface area contributed by atoms with Gasteiger partial charge in [-0.2, -0.15) is 5.10 Å². The molecule has 0 spiro atoms. The van der Waals surface area contributed by atoms with E-state index in [0.29, 0.717) is 17.3 Å². The van der Waals surface area contributed by atoms with Crippen molar-refractivity contribution in [3.05, 3.63) is 35.8 Å². The first-order chi connectivity index (χ1) is 8.11. The SMILES string of the molecule is COc1cc(-n2cc(C(=O)O)c(C)n2)ccn1. The number of pyridine rings is 1. The second-order valence-electron chi connectivity index (χ2n) is 3.43. The third-order valence-electron chi connectivity index (χ3n) is 2.32. The summed E-state index contributed by atoms with van der Waals surface area (Å²) in [4.78, 5) is 14.9. The smallest absolute Gasteiger partial charge is 0.339 e. The standard InChI is InChI=1S/C11H11N3O3/c1-7-9(11(15)16)6-14(13-7)8-3-4-12-10(5-8)17-2/h3-6H,1-2H3,(H,15,16). The van der Waals surface area contributed by atoms with E-state index >= 15 is 0 Å². The van der Waals surface area contributed by atoms with Crippen molar-refractivity contribution >= 4 is 5.97 Å². The van der Waals surface area contributed by atoms with Gasteiger partial charge in [0.25, 0.3) is 0 Å². The quantitative estimate of drug-likeness (QED) is 0.864. The largest absolute Gasteiger partial charge is 0.481 e. The summed E-state index contributed by atoms with van der Waals surface area (Å²) in [5.74, 6) is -0.540. The van der Waals surface area contributed by atoms with E-state index in [-0.39, 0.29) is 5.56 Å². The van der Waals surface area contributed by atoms with Crippen LogP contribution in [0.3, 0.4) is 0 Å². The molecule has 6 heteroatoms. The van der Waals surface area contributed by atoms with Crippen LogP contribution >= 0.6 is 0 Å². The van der Waals surface area contributed by atoms with Crippen LogP contribution in [0.5, 0.6) is 5.88 Å². The maximum absolute atomic E-state index is 10.9. The first-order valence-corrected chi connectivity index (χ1v) is 4.92. The van der Waals surface area contributed by atoms with Crippen LogP contribution in [0.4, 0.5) is 0 Å². The number of aromatic nitrogens is 3. The van der Waals surface area contributed by atoms with Crippen molar-refractivity contribution in [2.45, 2.75) is 6.92 Å². The highest BCUT2D eigenvalue weighted by molar-refractivity contribution is 5.88. The molecule has 2 aromatic heterocycles. The molecule has 6 nitrogen and oxygen atoms in total. The third-order valence-corrected chi connectivity index (χ3v) is 2.32. The summed E-state index contributed by atoms with van der Waals surface area (Å²) in [6.07, 6.45) is 3.04. The van der Waals surface area contributed by atoms with Gasteiger partial charge >= 0.3 is 5.97 Å². The first kappa shape index (κ1) is 11.1. The highest BCUT2D eigenvalue weighted by Crippen LogP contribution is 2.15. The summed E-state index contributed by atoms with van der Waals surface area (Å²) in [5.41, 5.74) is 1.35. The maximum Gasteiger partial charge on any atom is 0.339 e. The van der Waals surface area contributed by atoms with Crippen LogP contribution < -0.4 is 4.74 Å². The molecule has 17 heavy (non-hydrogen) atoms. The molecule has 0 saturated heterocycles. The average molecular weight is 233 g/mol. The minimum absolute atomic E-state index is 0.181. The van der Waals surface area contributed by atoms with Crippen molar-refractivity contribution in [2.24, 2.45) is 0 Å². The number of carbonyl (C=O) groups is 1. The predicted molar refractivity (Wildman–Crippen MR) is 59.6 cm³/mol. The van der Waals surface area contributed by atoms with Gasteiger partial charge in [-0.05, 0) is 13.0 Å². The molecule has 0 amide bonds. The van der Waals surface area contributed by atoms with Crippen LogP contribution in [0.2, 0.25) is 0 Å². The van der Waals surface area contributed by atoms with Gasteiger partial charge in [-0.15, -0.1) is 0 Å². The minimum atomic E-state index is -0.991. The molecule has 0 aliphatic rings. The predicted octanol–water partition coefficient (Wildman–Crippen LogP) is 1.28. The minimum Gasteiger partial charge on any atom is -0.481 e. The molecule has 2 aromatic rings. The number of methoxy groups -OCH3 is 1. The number of ether oxygens (including phenoxy) is 1. The molecule has 0 radical (unpaired) electrons. The van der Waals surface area contributed by atoms with E-state index in [1.807, 2.05) is 0 Å². The lowest BCUT2D eigenvalue weighted by Crippen LogP contribution is -1.97. The second-order valence-corrected chi connectivity index (χ2v) is 3.43. The van der Waals surface area contributed by atoms with Crippen molar-refractivity contribution in [1.82, 2.24) is 14.8 Å². The molecule has 0 fully saturated rings. The lowest BCUT2D eigenvalue weighted by molar-refractivity contribution is 0.0696. The normalized spacial score (nSPS) is 10.2. The van der Waals surface area contributed by atoms with E-state index < -0.39 is 5.97 Å². The number of hydrogen-bond acceptors (Lipinski definition) is 4. The molecular weight excluding hydrogens is 222 g/mol. The topological polar surface area (TPSA) is 77.2 Å². The molecule has 0 aromatic carbocycles. The molecule has 2 rings (SSSR count). The lowest BCUT2D eigenvalue weighted by atomic mass is 10.3. The Morgan fingerprint density at radius 3 is 2.88 bits per heavy atom. The molecule has 0 aliphatic heterocycles. The molecule has 2 heterocycles. The summed E-state index contributed by atoms with van der Waals surface area (Å²) in [6.45, 7) is 1.65. The van der Waals surface area contributed by atoms with E-state index in [4.69, 9.17) is 9.84 Å². The Balaban J connectivity index is 2.46. The summed E-state index contributed by atoms with van der Waals surface area (Å²) in [7, 11) is 1.52. The van der Waals surface area contributed by atoms with Crippen LogP contribution in [0.15, 0.2) is 24.5 Å². The fourth-order valence-electron chi connectivity index (χ4n) is 1.46. The van der Waals surface area contributed by atoms with Gasteiger partial charge in [0.2, 0.25) is 5.88 Å². The van der Waals surface area contributed by atoms with Gasteiger partial charge in [-0.25, -0.2) is 14.5 Å². The van der Waals surface area contributed by atoms with Crippen LogP contribution in [-0.4, -0.2) is 33.0 Å². The van der Waals surface area contributed by atoms with Gasteiger partial charge in [0.1, 0.15) is 5.56 Å². The Labute approximate surface area is 97.5 Å². The number of carboxylic acids is 1. The van der Waals surface area contributed by atoms with Gasteiger partial charge < -0.3 is 9.84 Å². The first-order valence-electron chi connectivity index (χ1n) is 4.92. The average Bonchev–Trinajstić information content (AvgIpc) is 2.71. The zero-order chi connectivity index (χ0) is 12.4. The summed E-state index contributed by atoms with van der Waals surface area (Å²) in [6, 6.07) is 3.40. The van der Waals surface area contributed by atoms with Crippen molar-refractivity contribution < 1.29 is 14.6 Å². The molecule has 88 valence electrons. The summed E-state index contributed by atoms with van der Waals surface area (Å²) in [5, 5.41) is 13.1. The van der Waals surface area contributed by atoms with Crippen molar-refractivity contribution in [1.29, 1.82) is 0 Å². The molecule has 0 saturated carbocycles. The van der Waals surface area contributed by atoms with E-state index in [1.165, 1.54) is 18.0 Å². The van der Waals surface area contributed by atoms with Crippen LogP contribution in [0, 0.1) is 6.92 Å². The molecule has 0 unspecified atom stereocenters. The Morgan fingerprint density at radius 1 is 1.53 bits per heavy atom. The fourth-order valence-corrected chi connectivity index (χ4v) is 1.46. The number of rotatable bonds is 3. The lowest BCUT2D eigenvalue weighted by Gasteiger charge is -2.02. The number of aromatic carboxylic acids is 1. The van der Waals surface area contributed by atoms with Crippen molar-refractivity contribution in [3.8, 4) is 11.6 Å². The van der Waals surface area contributed by atoms with Gasteiger partial charge in [-0.1, -0.05) is 0 Å². The Morgan fingerprint density at radius 2 is 2.29 bits per heavy atom. The maximum atomic E-state index is 10.9. The monoisotopic (exact) mass is 233 g/mol. The van der Waals surface area contributed by atoms with Gasteiger partial charge in [0.15, 0.2) is 0 Å². The highest BCUT2D eigenvalue weighted by atomic mass is 16.5. The van der Waals surface area contributed by atoms with E-state index in [0.717, 1.165) is 0 Å². The molecular formula is C11H11N3O3. The third kappa shape index (κ3) is 2.10. The van der Waals surface area contributed by atoms with Gasteiger partial charge in [0.05, 0.1) is 18.5 Å². The van der Waals surface area contributed by atoms with Crippen molar-refractivity contribution in [2.75, 3.05) is 7.11 Å². The van der Waals surface area contributed by atoms with Gasteiger partial charge in [-0.3, -0.25) is 0 Å². The number of aryl methyl sites for hydroxylation is 1.